The van der Waals surface area contributed by atoms with Crippen molar-refractivity contribution in [1.82, 2.24) is 9.97 Å². The molecule has 1 aromatic heterocycles. The van der Waals surface area contributed by atoms with Crippen LogP contribution in [0.3, 0.4) is 0 Å². The molecule has 2 aromatic carbocycles. The van der Waals surface area contributed by atoms with E-state index >= 15 is 0 Å². The molecule has 0 spiro atoms. The van der Waals surface area contributed by atoms with Crippen molar-refractivity contribution >= 4 is 28.9 Å². The number of fused-ring (bicyclic) bond motifs is 1. The van der Waals surface area contributed by atoms with E-state index in [0.29, 0.717) is 30.9 Å². The van der Waals surface area contributed by atoms with Gasteiger partial charge in [0, 0.05) is 23.9 Å². The summed E-state index contributed by atoms with van der Waals surface area (Å²) in [4.78, 5) is 25.3. The van der Waals surface area contributed by atoms with Gasteiger partial charge < -0.3 is 15.8 Å². The number of aliphatic imine (C=N–C) groups is 1. The molecular formula is C22H21N5O2. The van der Waals surface area contributed by atoms with E-state index in [-0.39, 0.29) is 11.7 Å². The van der Waals surface area contributed by atoms with E-state index in [1.165, 1.54) is 0 Å². The lowest BCUT2D eigenvalue weighted by Gasteiger charge is -2.09. The van der Waals surface area contributed by atoms with Crippen LogP contribution in [0.2, 0.25) is 0 Å². The molecule has 0 radical (unpaired) electrons. The molecule has 29 heavy (non-hydrogen) atoms. The Balaban J connectivity index is 1.45. The predicted octanol–water partition coefficient (Wildman–Crippen LogP) is 3.32. The molecule has 0 aliphatic carbocycles. The Bertz CT molecular complexity index is 1080. The standard InChI is InChI=1S/C22H21N5O2/c1-29-17-7-2-14(3-8-17)4-9-19(28)21-18-12-16(6-5-15(18)13-25-21)26-20-10-11-24-22(23)27-20/h2-3,5-8,10-12H,4,9,13H2,1H3,(H3,23,24,26,27). The number of hydrogen-bond acceptors (Lipinski definition) is 7. The summed E-state index contributed by atoms with van der Waals surface area (Å²) in [6, 6.07) is 15.4. The van der Waals surface area contributed by atoms with Crippen molar-refractivity contribution in [3.05, 3.63) is 71.4 Å². The number of nitrogens with two attached hydrogens (primary N) is 1. The molecule has 0 fully saturated rings. The van der Waals surface area contributed by atoms with E-state index in [9.17, 15) is 4.79 Å². The maximum Gasteiger partial charge on any atom is 0.221 e. The van der Waals surface area contributed by atoms with Crippen LogP contribution < -0.4 is 15.8 Å². The van der Waals surface area contributed by atoms with Crippen LogP contribution in [-0.2, 0) is 17.8 Å². The van der Waals surface area contributed by atoms with Gasteiger partial charge in [0.2, 0.25) is 5.95 Å². The number of aryl methyl sites for hydroxylation is 1. The van der Waals surface area contributed by atoms with Crippen LogP contribution in [-0.4, -0.2) is 28.6 Å². The molecule has 3 aromatic rings. The number of ketones is 1. The molecular weight excluding hydrogens is 366 g/mol. The Hall–Kier alpha value is -3.74. The molecule has 0 atom stereocenters. The molecule has 4 rings (SSSR count). The predicted molar refractivity (Wildman–Crippen MR) is 113 cm³/mol. The second-order valence-corrected chi connectivity index (χ2v) is 6.73. The minimum absolute atomic E-state index is 0.0444. The third-order valence-corrected chi connectivity index (χ3v) is 4.78. The van der Waals surface area contributed by atoms with Crippen molar-refractivity contribution in [3.8, 4) is 5.75 Å². The van der Waals surface area contributed by atoms with Gasteiger partial charge in [-0.1, -0.05) is 18.2 Å². The number of methoxy groups -OCH3 is 1. The number of anilines is 3. The number of rotatable bonds is 7. The number of nitrogen functional groups attached to an aromatic ring is 1. The van der Waals surface area contributed by atoms with Crippen LogP contribution in [0.15, 0.2) is 59.7 Å². The zero-order valence-corrected chi connectivity index (χ0v) is 16.1. The minimum atomic E-state index is 0.0444. The highest BCUT2D eigenvalue weighted by Gasteiger charge is 2.22. The molecule has 0 unspecified atom stereocenters. The molecule has 0 bridgehead atoms. The molecule has 0 amide bonds. The van der Waals surface area contributed by atoms with Gasteiger partial charge in [-0.15, -0.1) is 0 Å². The number of carbonyl (C=O) groups excluding carboxylic acids is 1. The first kappa shape index (κ1) is 18.6. The lowest BCUT2D eigenvalue weighted by molar-refractivity contribution is -0.112. The number of hydrogen-bond donors (Lipinski definition) is 2. The minimum Gasteiger partial charge on any atom is -0.497 e. The zero-order chi connectivity index (χ0) is 20.2. The number of carbonyl (C=O) groups is 1. The largest absolute Gasteiger partial charge is 0.497 e. The molecule has 7 nitrogen and oxygen atoms in total. The highest BCUT2D eigenvalue weighted by atomic mass is 16.5. The highest BCUT2D eigenvalue weighted by molar-refractivity contribution is 6.47. The Kier molecular flexibility index (Phi) is 5.20. The summed E-state index contributed by atoms with van der Waals surface area (Å²) in [5, 5.41) is 3.19. The van der Waals surface area contributed by atoms with Crippen LogP contribution in [0.25, 0.3) is 0 Å². The van der Waals surface area contributed by atoms with Crippen molar-refractivity contribution in [2.75, 3.05) is 18.2 Å². The van der Waals surface area contributed by atoms with Crippen LogP contribution in [0.1, 0.15) is 23.1 Å². The maximum atomic E-state index is 12.8. The van der Waals surface area contributed by atoms with Gasteiger partial charge in [0.05, 0.1) is 13.7 Å². The smallest absolute Gasteiger partial charge is 0.221 e. The number of Topliss-reactive ketones (excluding diaryl/α,β-unsaturated/α-hetero) is 1. The summed E-state index contributed by atoms with van der Waals surface area (Å²) >= 11 is 0. The molecule has 0 saturated carbocycles. The number of ether oxygens (including phenoxy) is 1. The molecule has 1 aliphatic rings. The average molecular weight is 387 g/mol. The summed E-state index contributed by atoms with van der Waals surface area (Å²) in [5.41, 5.74) is 10.00. The van der Waals surface area contributed by atoms with E-state index in [2.05, 4.69) is 20.3 Å². The first-order valence-electron chi connectivity index (χ1n) is 9.32. The molecule has 7 heteroatoms. The first-order chi connectivity index (χ1) is 14.1. The van der Waals surface area contributed by atoms with E-state index in [0.717, 1.165) is 28.1 Å². The molecule has 3 N–H and O–H groups in total. The van der Waals surface area contributed by atoms with Gasteiger partial charge in [0.1, 0.15) is 17.3 Å². The van der Waals surface area contributed by atoms with Crippen molar-refractivity contribution in [2.24, 2.45) is 4.99 Å². The van der Waals surface area contributed by atoms with Gasteiger partial charge in [0.25, 0.3) is 0 Å². The number of benzene rings is 2. The van der Waals surface area contributed by atoms with Gasteiger partial charge in [-0.2, -0.15) is 4.98 Å². The van der Waals surface area contributed by atoms with Gasteiger partial charge in [-0.05, 0) is 47.9 Å². The van der Waals surface area contributed by atoms with Crippen LogP contribution in [0, 0.1) is 0 Å². The van der Waals surface area contributed by atoms with Gasteiger partial charge in [-0.25, -0.2) is 4.98 Å². The lowest BCUT2D eigenvalue weighted by atomic mass is 9.98. The maximum absolute atomic E-state index is 12.8. The fraction of sp³-hybridized carbons (Fsp3) is 0.182. The summed E-state index contributed by atoms with van der Waals surface area (Å²) in [6.45, 7) is 0.527. The average Bonchev–Trinajstić information content (AvgIpc) is 3.16. The van der Waals surface area contributed by atoms with Gasteiger partial charge in [0.15, 0.2) is 5.78 Å². The number of nitrogens with one attached hydrogen (secondary N) is 1. The van der Waals surface area contributed by atoms with Crippen LogP contribution >= 0.6 is 0 Å². The second-order valence-electron chi connectivity index (χ2n) is 6.73. The third kappa shape index (κ3) is 4.24. The van der Waals surface area contributed by atoms with E-state index < -0.39 is 0 Å². The lowest BCUT2D eigenvalue weighted by Crippen LogP contribution is -2.15. The van der Waals surface area contributed by atoms with Crippen LogP contribution in [0.5, 0.6) is 5.75 Å². The van der Waals surface area contributed by atoms with E-state index in [1.54, 1.807) is 19.4 Å². The van der Waals surface area contributed by atoms with Crippen LogP contribution in [0.4, 0.5) is 17.5 Å². The quantitative estimate of drug-likeness (QED) is 0.645. The molecule has 0 saturated heterocycles. The molecule has 2 heterocycles. The second kappa shape index (κ2) is 8.10. The fourth-order valence-corrected chi connectivity index (χ4v) is 3.26. The number of nitrogens with zero attached hydrogens (tertiary/aromatic N) is 3. The first-order valence-corrected chi connectivity index (χ1v) is 9.32. The summed E-state index contributed by atoms with van der Waals surface area (Å²) < 4.78 is 5.17. The van der Waals surface area contributed by atoms with E-state index in [1.807, 2.05) is 42.5 Å². The summed E-state index contributed by atoms with van der Waals surface area (Å²) in [5.74, 6) is 1.65. The van der Waals surface area contributed by atoms with Crippen molar-refractivity contribution in [2.45, 2.75) is 19.4 Å². The van der Waals surface area contributed by atoms with Crippen molar-refractivity contribution < 1.29 is 9.53 Å². The Labute approximate surface area is 168 Å². The third-order valence-electron chi connectivity index (χ3n) is 4.78. The zero-order valence-electron chi connectivity index (χ0n) is 16.1. The van der Waals surface area contributed by atoms with E-state index in [4.69, 9.17) is 10.5 Å². The monoisotopic (exact) mass is 387 g/mol. The highest BCUT2D eigenvalue weighted by Crippen LogP contribution is 2.26. The number of aromatic nitrogens is 2. The molecule has 1 aliphatic heterocycles. The normalized spacial score (nSPS) is 12.2. The Morgan fingerprint density at radius 2 is 2.00 bits per heavy atom. The van der Waals surface area contributed by atoms with Crippen molar-refractivity contribution in [1.29, 1.82) is 0 Å². The SMILES string of the molecule is COc1ccc(CCC(=O)C2=NCc3ccc(Nc4ccnc(N)n4)cc32)cc1. The Morgan fingerprint density at radius 3 is 2.76 bits per heavy atom. The summed E-state index contributed by atoms with van der Waals surface area (Å²) in [6.07, 6.45) is 2.66. The van der Waals surface area contributed by atoms with Gasteiger partial charge >= 0.3 is 0 Å². The summed E-state index contributed by atoms with van der Waals surface area (Å²) in [7, 11) is 1.64. The molecule has 146 valence electrons. The fourth-order valence-electron chi connectivity index (χ4n) is 3.26. The topological polar surface area (TPSA) is 102 Å². The van der Waals surface area contributed by atoms with Gasteiger partial charge in [-0.3, -0.25) is 9.79 Å². The Morgan fingerprint density at radius 1 is 1.17 bits per heavy atom. The van der Waals surface area contributed by atoms with Crippen molar-refractivity contribution in [3.63, 3.8) is 0 Å².